The van der Waals surface area contributed by atoms with E-state index in [4.69, 9.17) is 0 Å². The molecule has 0 unspecified atom stereocenters. The molecule has 0 saturated carbocycles. The van der Waals surface area contributed by atoms with Crippen molar-refractivity contribution in [3.63, 3.8) is 0 Å². The molecule has 0 spiro atoms. The van der Waals surface area contributed by atoms with E-state index in [0.29, 0.717) is 0 Å². The van der Waals surface area contributed by atoms with Gasteiger partial charge in [0.15, 0.2) is 0 Å². The van der Waals surface area contributed by atoms with Crippen LogP contribution in [0.4, 0.5) is 5.69 Å². The van der Waals surface area contributed by atoms with Gasteiger partial charge in [0.05, 0.1) is 0 Å². The normalized spacial score (nSPS) is 10.0. The molecular weight excluding hydrogens is 273 g/mol. The number of nitrogens with zero attached hydrogens (tertiary/aromatic N) is 1. The summed E-state index contributed by atoms with van der Waals surface area (Å²) in [6.07, 6.45) is 0. The Morgan fingerprint density at radius 1 is 1.07 bits per heavy atom. The van der Waals surface area contributed by atoms with Crippen LogP contribution in [0.25, 0.3) is 0 Å². The number of hydrogen-bond donors (Lipinski definition) is 0. The van der Waals surface area contributed by atoms with Crippen molar-refractivity contribution in [3.8, 4) is 0 Å². The summed E-state index contributed by atoms with van der Waals surface area (Å²) in [5, 5.41) is 0. The van der Waals surface area contributed by atoms with Gasteiger partial charge in [0, 0.05) is 0 Å². The molecule has 1 aromatic carbocycles. The first-order valence-electron chi connectivity index (χ1n) is 5.54. The molecule has 1 rings (SSSR count). The van der Waals surface area contributed by atoms with Crippen LogP contribution in [0.15, 0.2) is 24.3 Å². The van der Waals surface area contributed by atoms with E-state index in [2.05, 4.69) is 52.4 Å². The molecule has 1 nitrogen and oxygen atoms in total. The van der Waals surface area contributed by atoms with Crippen molar-refractivity contribution >= 4 is 30.4 Å². The van der Waals surface area contributed by atoms with E-state index in [0.717, 1.165) is 13.1 Å². The number of para-hydroxylation sites is 1. The van der Waals surface area contributed by atoms with Gasteiger partial charge >= 0.3 is 95.9 Å². The molecule has 0 aliphatic rings. The molecule has 0 heterocycles. The number of benzene rings is 1. The Morgan fingerprint density at radius 2 is 1.64 bits per heavy atom. The van der Waals surface area contributed by atoms with Gasteiger partial charge in [-0.25, -0.2) is 0 Å². The standard InChI is InChI=1S/C10H14N.2CH3.In/c1-3-11(4-2)10-8-6-5-7-9-10;;;/h5-8H,3-4H2,1-2H3;2*1H3;. The van der Waals surface area contributed by atoms with Crippen molar-refractivity contribution in [2.24, 2.45) is 0 Å². The molecule has 76 valence electrons. The van der Waals surface area contributed by atoms with Crippen LogP contribution in [0, 0.1) is 0 Å². The quantitative estimate of drug-likeness (QED) is 0.824. The molecule has 0 N–H and O–H groups in total. The van der Waals surface area contributed by atoms with Crippen molar-refractivity contribution in [1.29, 1.82) is 0 Å². The molecule has 0 amide bonds. The molecule has 0 atom stereocenters. The SMILES string of the molecule is CCN(CC)c1cccc[c]1[In]([CH3])[CH3]. The van der Waals surface area contributed by atoms with E-state index in [9.17, 15) is 0 Å². The summed E-state index contributed by atoms with van der Waals surface area (Å²) >= 11 is -1.36. The number of hydrogen-bond acceptors (Lipinski definition) is 1. The van der Waals surface area contributed by atoms with Gasteiger partial charge in [0.1, 0.15) is 0 Å². The van der Waals surface area contributed by atoms with Crippen LogP contribution >= 0.6 is 0 Å². The molecular formula is C12H20InN. The Kier molecular flexibility index (Phi) is 4.87. The maximum absolute atomic E-state index is 2.46. The zero-order valence-corrected chi connectivity index (χ0v) is 13.0. The first-order chi connectivity index (χ1) is 6.70. The molecule has 1 aromatic rings. The summed E-state index contributed by atoms with van der Waals surface area (Å²) in [7, 11) is 0. The van der Waals surface area contributed by atoms with Crippen LogP contribution in [-0.4, -0.2) is 34.5 Å². The van der Waals surface area contributed by atoms with Gasteiger partial charge in [-0.2, -0.15) is 0 Å². The fraction of sp³-hybridized carbons (Fsp3) is 0.500. The van der Waals surface area contributed by atoms with Crippen LogP contribution in [0.1, 0.15) is 13.8 Å². The average Bonchev–Trinajstić information content (AvgIpc) is 2.20. The Morgan fingerprint density at radius 3 is 2.14 bits per heavy atom. The van der Waals surface area contributed by atoms with Crippen LogP contribution in [-0.2, 0) is 0 Å². The molecule has 0 saturated heterocycles. The molecule has 0 aliphatic heterocycles. The second kappa shape index (κ2) is 5.69. The van der Waals surface area contributed by atoms with E-state index < -0.39 is 21.4 Å². The minimum atomic E-state index is -1.36. The Hall–Kier alpha value is -0.110. The summed E-state index contributed by atoms with van der Waals surface area (Å²) in [6.45, 7) is 6.70. The molecule has 0 fully saturated rings. The third kappa shape index (κ3) is 2.69. The molecule has 0 radical (unpaired) electrons. The first-order valence-corrected chi connectivity index (χ1v) is 13.8. The van der Waals surface area contributed by atoms with Gasteiger partial charge in [-0.1, -0.05) is 0 Å². The summed E-state index contributed by atoms with van der Waals surface area (Å²) in [5.41, 5.74) is 1.49. The third-order valence-electron chi connectivity index (χ3n) is 2.66. The Labute approximate surface area is 95.7 Å². The van der Waals surface area contributed by atoms with Gasteiger partial charge in [-0.15, -0.1) is 0 Å². The zero-order valence-electron chi connectivity index (χ0n) is 9.75. The van der Waals surface area contributed by atoms with E-state index in [1.807, 2.05) is 0 Å². The van der Waals surface area contributed by atoms with Crippen LogP contribution in [0.3, 0.4) is 0 Å². The third-order valence-corrected chi connectivity index (χ3v) is 7.61. The zero-order chi connectivity index (χ0) is 10.6. The van der Waals surface area contributed by atoms with Crippen molar-refractivity contribution in [3.05, 3.63) is 24.3 Å². The van der Waals surface area contributed by atoms with Crippen molar-refractivity contribution in [2.75, 3.05) is 18.0 Å². The molecule has 2 heteroatoms. The average molecular weight is 293 g/mol. The van der Waals surface area contributed by atoms with Crippen molar-refractivity contribution in [1.82, 2.24) is 0 Å². The van der Waals surface area contributed by atoms with Gasteiger partial charge in [-0.3, -0.25) is 0 Å². The molecule has 14 heavy (non-hydrogen) atoms. The second-order valence-electron chi connectivity index (χ2n) is 3.89. The molecule has 0 bridgehead atoms. The first kappa shape index (κ1) is 12.0. The summed E-state index contributed by atoms with van der Waals surface area (Å²) in [6, 6.07) is 8.94. The van der Waals surface area contributed by atoms with Crippen LogP contribution in [0.5, 0.6) is 0 Å². The summed E-state index contributed by atoms with van der Waals surface area (Å²) < 4.78 is 6.59. The summed E-state index contributed by atoms with van der Waals surface area (Å²) in [5.74, 6) is 0. The predicted molar refractivity (Wildman–Crippen MR) is 67.1 cm³/mol. The van der Waals surface area contributed by atoms with Crippen molar-refractivity contribution < 1.29 is 0 Å². The fourth-order valence-corrected chi connectivity index (χ4v) is 5.73. The monoisotopic (exact) mass is 293 g/mol. The minimum absolute atomic E-state index is 1.12. The van der Waals surface area contributed by atoms with E-state index in [-0.39, 0.29) is 0 Å². The number of anilines is 1. The molecule has 0 aromatic heterocycles. The van der Waals surface area contributed by atoms with Crippen LogP contribution < -0.4 is 8.22 Å². The van der Waals surface area contributed by atoms with E-state index in [1.165, 1.54) is 5.69 Å². The second-order valence-corrected chi connectivity index (χ2v) is 12.3. The number of rotatable bonds is 4. The van der Waals surface area contributed by atoms with Gasteiger partial charge < -0.3 is 0 Å². The summed E-state index contributed by atoms with van der Waals surface area (Å²) in [4.78, 5) is 2.46. The van der Waals surface area contributed by atoms with Crippen molar-refractivity contribution in [2.45, 2.75) is 23.2 Å². The Balaban J connectivity index is 3.05. The van der Waals surface area contributed by atoms with Gasteiger partial charge in [-0.05, 0) is 0 Å². The molecule has 0 aliphatic carbocycles. The topological polar surface area (TPSA) is 3.24 Å². The fourth-order valence-electron chi connectivity index (χ4n) is 1.83. The van der Waals surface area contributed by atoms with Gasteiger partial charge in [0.25, 0.3) is 0 Å². The van der Waals surface area contributed by atoms with Crippen LogP contribution in [0.2, 0.25) is 9.36 Å². The van der Waals surface area contributed by atoms with E-state index >= 15 is 0 Å². The maximum atomic E-state index is 2.46. The predicted octanol–water partition coefficient (Wildman–Crippen LogP) is 2.49. The van der Waals surface area contributed by atoms with Gasteiger partial charge in [0.2, 0.25) is 0 Å². The van der Waals surface area contributed by atoms with E-state index in [1.54, 1.807) is 3.32 Å². The Bertz CT molecular complexity index is 279.